The monoisotopic (exact) mass is 392 g/mol. The number of fused-ring (bicyclic) bond motifs is 1. The molecule has 3 heterocycles. The first-order valence-corrected chi connectivity index (χ1v) is 9.64. The number of carbonyl (C=O) groups is 1. The van der Waals surface area contributed by atoms with Crippen LogP contribution >= 0.6 is 0 Å². The molecule has 150 valence electrons. The van der Waals surface area contributed by atoms with Crippen molar-refractivity contribution in [2.24, 2.45) is 0 Å². The average Bonchev–Trinajstić information content (AvgIpc) is 3.31. The van der Waals surface area contributed by atoms with Crippen molar-refractivity contribution < 1.29 is 18.0 Å². The number of hydrogen-bond donors (Lipinski definition) is 1. The molecule has 0 aliphatic carbocycles. The van der Waals surface area contributed by atoms with E-state index in [1.807, 2.05) is 30.3 Å². The number of hydrogen-bond acceptors (Lipinski definition) is 4. The number of halogens is 3. The normalized spacial score (nSPS) is 20.8. The van der Waals surface area contributed by atoms with Gasteiger partial charge in [0.05, 0.1) is 17.6 Å². The molecule has 4 rings (SSSR count). The van der Waals surface area contributed by atoms with E-state index < -0.39 is 12.7 Å². The van der Waals surface area contributed by atoms with E-state index in [1.165, 1.54) is 4.90 Å². The zero-order chi connectivity index (χ0) is 19.7. The molecule has 2 aliphatic heterocycles. The maximum atomic E-state index is 13.0. The minimum Gasteiger partial charge on any atom is -0.356 e. The van der Waals surface area contributed by atoms with Crippen molar-refractivity contribution >= 4 is 22.6 Å². The summed E-state index contributed by atoms with van der Waals surface area (Å²) >= 11 is 0. The number of nitrogens with zero attached hydrogens (tertiary/aromatic N) is 3. The molecule has 8 heteroatoms. The lowest BCUT2D eigenvalue weighted by atomic mass is 10.1. The minimum atomic E-state index is -4.22. The number of carbonyl (C=O) groups excluding carboxylic acids is 1. The van der Waals surface area contributed by atoms with Gasteiger partial charge in [-0.2, -0.15) is 13.2 Å². The van der Waals surface area contributed by atoms with Gasteiger partial charge in [-0.3, -0.25) is 9.69 Å². The first kappa shape index (κ1) is 19.0. The van der Waals surface area contributed by atoms with Crippen LogP contribution in [0.1, 0.15) is 29.6 Å². The molecule has 2 aromatic rings. The van der Waals surface area contributed by atoms with Crippen LogP contribution in [0.15, 0.2) is 30.3 Å². The van der Waals surface area contributed by atoms with Crippen LogP contribution in [0.25, 0.3) is 10.9 Å². The Labute approximate surface area is 161 Å². The molecule has 28 heavy (non-hydrogen) atoms. The lowest BCUT2D eigenvalue weighted by Crippen LogP contribution is -2.39. The second kappa shape index (κ2) is 7.58. The summed E-state index contributed by atoms with van der Waals surface area (Å²) in [5.74, 6) is 0.401. The van der Waals surface area contributed by atoms with Crippen LogP contribution in [0.2, 0.25) is 0 Å². The molecule has 0 radical (unpaired) electrons. The van der Waals surface area contributed by atoms with Crippen LogP contribution in [0.4, 0.5) is 19.0 Å². The molecule has 0 saturated carbocycles. The Morgan fingerprint density at radius 3 is 2.68 bits per heavy atom. The zero-order valence-electron chi connectivity index (χ0n) is 15.5. The number of pyridine rings is 1. The van der Waals surface area contributed by atoms with E-state index in [9.17, 15) is 18.0 Å². The quantitative estimate of drug-likeness (QED) is 0.868. The number of benzene rings is 1. The Balaban J connectivity index is 1.54. The molecule has 2 saturated heterocycles. The molecule has 2 fully saturated rings. The van der Waals surface area contributed by atoms with Gasteiger partial charge in [-0.25, -0.2) is 4.98 Å². The Hall–Kier alpha value is -2.35. The van der Waals surface area contributed by atoms with Crippen LogP contribution in [0.5, 0.6) is 0 Å². The fourth-order valence-electron chi connectivity index (χ4n) is 4.05. The summed E-state index contributed by atoms with van der Waals surface area (Å²) in [6, 6.07) is 9.20. The number of amides is 1. The molecule has 0 spiro atoms. The molecule has 0 unspecified atom stereocenters. The van der Waals surface area contributed by atoms with Crippen LogP contribution < -0.4 is 10.2 Å². The Kier molecular flexibility index (Phi) is 5.14. The molecule has 1 amide bonds. The van der Waals surface area contributed by atoms with Gasteiger partial charge in [0.25, 0.3) is 5.91 Å². The second-order valence-electron chi connectivity index (χ2n) is 7.56. The van der Waals surface area contributed by atoms with E-state index in [1.54, 1.807) is 0 Å². The summed E-state index contributed by atoms with van der Waals surface area (Å²) in [6.45, 7) is 1.32. The number of para-hydroxylation sites is 1. The van der Waals surface area contributed by atoms with E-state index in [4.69, 9.17) is 4.98 Å². The Morgan fingerprint density at radius 1 is 1.18 bits per heavy atom. The molecule has 1 N–H and O–H groups in total. The second-order valence-corrected chi connectivity index (χ2v) is 7.56. The van der Waals surface area contributed by atoms with Gasteiger partial charge in [0.1, 0.15) is 5.82 Å². The van der Waals surface area contributed by atoms with Crippen molar-refractivity contribution in [3.63, 3.8) is 0 Å². The van der Waals surface area contributed by atoms with Gasteiger partial charge in [-0.05, 0) is 31.4 Å². The van der Waals surface area contributed by atoms with E-state index >= 15 is 0 Å². The topological polar surface area (TPSA) is 48.5 Å². The predicted octanol–water partition coefficient (Wildman–Crippen LogP) is 3.20. The Morgan fingerprint density at radius 2 is 1.93 bits per heavy atom. The third-order valence-corrected chi connectivity index (χ3v) is 5.36. The lowest BCUT2D eigenvalue weighted by Gasteiger charge is -2.22. The van der Waals surface area contributed by atoms with Gasteiger partial charge in [-0.1, -0.05) is 18.2 Å². The first-order valence-electron chi connectivity index (χ1n) is 9.64. The van der Waals surface area contributed by atoms with Crippen LogP contribution in [0, 0.1) is 0 Å². The van der Waals surface area contributed by atoms with Gasteiger partial charge in [0.15, 0.2) is 0 Å². The minimum absolute atomic E-state index is 0.214. The van der Waals surface area contributed by atoms with E-state index in [0.29, 0.717) is 24.3 Å². The molecule has 1 atom stereocenters. The Bertz CT molecular complexity index is 864. The molecule has 1 aromatic carbocycles. The highest BCUT2D eigenvalue weighted by Gasteiger charge is 2.35. The van der Waals surface area contributed by atoms with Crippen molar-refractivity contribution in [2.75, 3.05) is 37.6 Å². The number of nitrogens with one attached hydrogen (secondary N) is 1. The number of rotatable bonds is 4. The van der Waals surface area contributed by atoms with Gasteiger partial charge >= 0.3 is 6.18 Å². The molecule has 0 bridgehead atoms. The summed E-state index contributed by atoms with van der Waals surface area (Å²) in [6.07, 6.45) is -1.58. The van der Waals surface area contributed by atoms with Crippen LogP contribution in [-0.2, 0) is 0 Å². The summed E-state index contributed by atoms with van der Waals surface area (Å²) in [7, 11) is 0. The smallest absolute Gasteiger partial charge is 0.356 e. The number of aromatic nitrogens is 1. The van der Waals surface area contributed by atoms with E-state index in [-0.39, 0.29) is 18.5 Å². The summed E-state index contributed by atoms with van der Waals surface area (Å²) in [5, 5.41) is 3.80. The third kappa shape index (κ3) is 4.22. The fraction of sp³-hybridized carbons (Fsp3) is 0.500. The molecule has 2 aliphatic rings. The standard InChI is InChI=1S/C20H23F3N4O/c21-20(22,23)13-26-10-7-15(12-26)24-19(28)16-11-14-5-1-2-6-17(14)25-18(16)27-8-3-4-9-27/h1-2,5-6,11,15H,3-4,7-10,12-13H2,(H,24,28)/t15-/m1/s1. The van der Waals surface area contributed by atoms with Crippen LogP contribution in [0.3, 0.4) is 0 Å². The third-order valence-electron chi connectivity index (χ3n) is 5.36. The summed E-state index contributed by atoms with van der Waals surface area (Å²) in [5.41, 5.74) is 1.33. The van der Waals surface area contributed by atoms with Crippen molar-refractivity contribution in [2.45, 2.75) is 31.5 Å². The fourth-order valence-corrected chi connectivity index (χ4v) is 4.05. The number of alkyl halides is 3. The molecular weight excluding hydrogens is 369 g/mol. The van der Waals surface area contributed by atoms with Gasteiger partial charge < -0.3 is 10.2 Å². The van der Waals surface area contributed by atoms with Gasteiger partial charge in [-0.15, -0.1) is 0 Å². The highest BCUT2D eigenvalue weighted by Crippen LogP contribution is 2.27. The number of anilines is 1. The van der Waals surface area contributed by atoms with Crippen LogP contribution in [-0.4, -0.2) is 60.7 Å². The lowest BCUT2D eigenvalue weighted by molar-refractivity contribution is -0.143. The number of likely N-dealkylation sites (tertiary alicyclic amines) is 1. The maximum Gasteiger partial charge on any atom is 0.401 e. The maximum absolute atomic E-state index is 13.0. The highest BCUT2D eigenvalue weighted by molar-refractivity contribution is 6.02. The van der Waals surface area contributed by atoms with Crippen molar-refractivity contribution in [3.05, 3.63) is 35.9 Å². The van der Waals surface area contributed by atoms with Gasteiger partial charge in [0.2, 0.25) is 0 Å². The predicted molar refractivity (Wildman–Crippen MR) is 102 cm³/mol. The first-order chi connectivity index (χ1) is 13.4. The zero-order valence-corrected chi connectivity index (χ0v) is 15.5. The highest BCUT2D eigenvalue weighted by atomic mass is 19.4. The molecular formula is C20H23F3N4O. The molecule has 5 nitrogen and oxygen atoms in total. The summed E-state index contributed by atoms with van der Waals surface area (Å²) < 4.78 is 37.8. The van der Waals surface area contributed by atoms with Crippen molar-refractivity contribution in [3.8, 4) is 0 Å². The van der Waals surface area contributed by atoms with E-state index in [2.05, 4.69) is 10.2 Å². The molecule has 1 aromatic heterocycles. The largest absolute Gasteiger partial charge is 0.401 e. The average molecular weight is 392 g/mol. The van der Waals surface area contributed by atoms with Crippen molar-refractivity contribution in [1.29, 1.82) is 0 Å². The SMILES string of the molecule is O=C(N[C@@H]1CCN(CC(F)(F)F)C1)c1cc2ccccc2nc1N1CCCC1. The van der Waals surface area contributed by atoms with Gasteiger partial charge in [0, 0.05) is 37.6 Å². The summed E-state index contributed by atoms with van der Waals surface area (Å²) in [4.78, 5) is 21.2. The van der Waals surface area contributed by atoms with Crippen molar-refractivity contribution in [1.82, 2.24) is 15.2 Å². The van der Waals surface area contributed by atoms with E-state index in [0.717, 1.165) is 36.8 Å².